The molecule has 0 saturated carbocycles. The number of nitrogens with two attached hydrogens (primary N) is 1. The molecule has 10 heteroatoms. The van der Waals surface area contributed by atoms with E-state index in [0.717, 1.165) is 4.68 Å². The molecule has 116 valence electrons. The first-order valence-electron chi connectivity index (χ1n) is 5.60. The molecule has 0 atom stereocenters. The Balaban J connectivity index is 2.70. The molecule has 0 fully saturated rings. The van der Waals surface area contributed by atoms with Crippen LogP contribution >= 0.6 is 23.2 Å². The van der Waals surface area contributed by atoms with E-state index in [-0.39, 0.29) is 32.8 Å². The molecule has 1 aromatic heterocycles. The second-order valence-corrected chi connectivity index (χ2v) is 4.96. The smallest absolute Gasteiger partial charge is 0.382 e. The maximum Gasteiger partial charge on any atom is 0.416 e. The Morgan fingerprint density at radius 1 is 1.27 bits per heavy atom. The summed E-state index contributed by atoms with van der Waals surface area (Å²) in [5, 5.41) is 11.9. The van der Waals surface area contributed by atoms with E-state index < -0.39 is 18.4 Å². The van der Waals surface area contributed by atoms with Crippen molar-refractivity contribution in [1.29, 1.82) is 5.26 Å². The molecule has 0 amide bonds. The molecule has 0 aliphatic rings. The molecule has 22 heavy (non-hydrogen) atoms. The van der Waals surface area contributed by atoms with Crippen LogP contribution in [0.3, 0.4) is 0 Å². The first-order valence-corrected chi connectivity index (χ1v) is 6.36. The predicted molar refractivity (Wildman–Crippen MR) is 72.5 cm³/mol. The van der Waals surface area contributed by atoms with Gasteiger partial charge < -0.3 is 5.73 Å². The summed E-state index contributed by atoms with van der Waals surface area (Å²) in [6.07, 6.45) is -4.64. The normalized spacial score (nSPS) is 11.5. The molecule has 0 unspecified atom stereocenters. The van der Waals surface area contributed by atoms with Gasteiger partial charge in [0.15, 0.2) is 0 Å². The summed E-state index contributed by atoms with van der Waals surface area (Å²) in [5.74, 6) is -0.265. The number of nitrogen functional groups attached to an aromatic ring is 1. The minimum absolute atomic E-state index is 0.162. The summed E-state index contributed by atoms with van der Waals surface area (Å²) in [5.41, 5.74) is 3.96. The minimum atomic E-state index is -4.64. The molecule has 0 radical (unpaired) electrons. The maximum absolute atomic E-state index is 12.8. The Labute approximate surface area is 131 Å². The Bertz CT molecular complexity index is 754. The second-order valence-electron chi connectivity index (χ2n) is 4.15. The van der Waals surface area contributed by atoms with E-state index in [4.69, 9.17) is 34.2 Å². The average molecular weight is 353 g/mol. The molecule has 0 saturated heterocycles. The van der Waals surface area contributed by atoms with Crippen molar-refractivity contribution >= 4 is 29.0 Å². The van der Waals surface area contributed by atoms with E-state index in [2.05, 4.69) is 5.10 Å². The third-order valence-electron chi connectivity index (χ3n) is 2.79. The Morgan fingerprint density at radius 3 is 2.18 bits per heavy atom. The van der Waals surface area contributed by atoms with Crippen LogP contribution in [0.4, 0.5) is 23.4 Å². The number of anilines is 1. The van der Waals surface area contributed by atoms with E-state index in [9.17, 15) is 17.6 Å². The lowest BCUT2D eigenvalue weighted by Crippen LogP contribution is -2.08. The number of alkyl halides is 4. The van der Waals surface area contributed by atoms with Gasteiger partial charge in [0.2, 0.25) is 0 Å². The summed E-state index contributed by atoms with van der Waals surface area (Å²) in [7, 11) is 0. The third kappa shape index (κ3) is 2.69. The lowest BCUT2D eigenvalue weighted by Gasteiger charge is -2.13. The highest BCUT2D eigenvalue weighted by Crippen LogP contribution is 2.38. The Morgan fingerprint density at radius 2 is 1.82 bits per heavy atom. The molecule has 2 rings (SSSR count). The summed E-state index contributed by atoms with van der Waals surface area (Å²) in [6, 6.07) is 2.95. The SMILES string of the molecule is N#Cc1c(CF)nn(-c2c(Cl)cc(C(F)(F)F)cc2Cl)c1N. The van der Waals surface area contributed by atoms with Gasteiger partial charge in [-0.2, -0.15) is 23.5 Å². The fourth-order valence-corrected chi connectivity index (χ4v) is 2.44. The van der Waals surface area contributed by atoms with Gasteiger partial charge in [-0.25, -0.2) is 9.07 Å². The standard InChI is InChI=1S/C12H6Cl2F4N4/c13-7-1-5(12(16,17)18)2-8(14)10(7)22-11(20)6(4-19)9(3-15)21-22/h1-2H,3,20H2. The molecule has 0 aliphatic heterocycles. The Hall–Kier alpha value is -1.98. The molecule has 0 bridgehead atoms. The molecular weight excluding hydrogens is 347 g/mol. The van der Waals surface area contributed by atoms with Crippen LogP contribution < -0.4 is 5.73 Å². The van der Waals surface area contributed by atoms with E-state index in [1.807, 2.05) is 0 Å². The number of nitrogens with zero attached hydrogens (tertiary/aromatic N) is 3. The topological polar surface area (TPSA) is 67.6 Å². The van der Waals surface area contributed by atoms with Crippen molar-refractivity contribution in [3.8, 4) is 11.8 Å². The number of nitriles is 1. The van der Waals surface area contributed by atoms with Gasteiger partial charge in [-0.1, -0.05) is 23.2 Å². The van der Waals surface area contributed by atoms with Crippen molar-refractivity contribution in [3.63, 3.8) is 0 Å². The van der Waals surface area contributed by atoms with Gasteiger partial charge in [0.05, 0.1) is 15.6 Å². The molecule has 4 nitrogen and oxygen atoms in total. The van der Waals surface area contributed by atoms with Crippen LogP contribution in [0.15, 0.2) is 12.1 Å². The molecule has 1 aromatic carbocycles. The van der Waals surface area contributed by atoms with E-state index >= 15 is 0 Å². The van der Waals surface area contributed by atoms with Crippen LogP contribution in [0.1, 0.15) is 16.8 Å². The second kappa shape index (κ2) is 5.66. The quantitative estimate of drug-likeness (QED) is 0.826. The maximum atomic E-state index is 12.8. The summed E-state index contributed by atoms with van der Waals surface area (Å²) in [4.78, 5) is 0. The van der Waals surface area contributed by atoms with Crippen LogP contribution in [0.5, 0.6) is 0 Å². The highest BCUT2D eigenvalue weighted by Gasteiger charge is 2.32. The number of halogens is 6. The molecule has 0 aliphatic carbocycles. The van der Waals surface area contributed by atoms with Crippen molar-refractivity contribution in [2.75, 3.05) is 5.73 Å². The highest BCUT2D eigenvalue weighted by molar-refractivity contribution is 6.38. The molecular formula is C12H6Cl2F4N4. The van der Waals surface area contributed by atoms with E-state index in [1.54, 1.807) is 6.07 Å². The number of benzene rings is 1. The van der Waals surface area contributed by atoms with E-state index in [1.165, 1.54) is 0 Å². The summed E-state index contributed by atoms with van der Waals surface area (Å²) < 4.78 is 51.7. The number of aromatic nitrogens is 2. The van der Waals surface area contributed by atoms with Gasteiger partial charge in [0.25, 0.3) is 0 Å². The lowest BCUT2D eigenvalue weighted by molar-refractivity contribution is -0.137. The van der Waals surface area contributed by atoms with Crippen LogP contribution in [-0.4, -0.2) is 9.78 Å². The zero-order valence-electron chi connectivity index (χ0n) is 10.5. The van der Waals surface area contributed by atoms with Crippen LogP contribution in [0.2, 0.25) is 10.0 Å². The minimum Gasteiger partial charge on any atom is -0.382 e. The van der Waals surface area contributed by atoms with Gasteiger partial charge in [-0.15, -0.1) is 0 Å². The van der Waals surface area contributed by atoms with Gasteiger partial charge >= 0.3 is 6.18 Å². The van der Waals surface area contributed by atoms with Crippen LogP contribution in [0.25, 0.3) is 5.69 Å². The summed E-state index contributed by atoms with van der Waals surface area (Å²) >= 11 is 11.6. The fourth-order valence-electron chi connectivity index (χ4n) is 1.80. The molecule has 2 aromatic rings. The molecule has 0 spiro atoms. The first-order chi connectivity index (χ1) is 10.2. The van der Waals surface area contributed by atoms with E-state index in [0.29, 0.717) is 12.1 Å². The fraction of sp³-hybridized carbons (Fsp3) is 0.167. The van der Waals surface area contributed by atoms with Crippen molar-refractivity contribution in [2.45, 2.75) is 12.9 Å². The van der Waals surface area contributed by atoms with Crippen LogP contribution in [0, 0.1) is 11.3 Å². The third-order valence-corrected chi connectivity index (χ3v) is 3.36. The van der Waals surface area contributed by atoms with Crippen molar-refractivity contribution in [3.05, 3.63) is 39.0 Å². The first kappa shape index (κ1) is 16.4. The largest absolute Gasteiger partial charge is 0.416 e. The number of hydrogen-bond donors (Lipinski definition) is 1. The highest BCUT2D eigenvalue weighted by atomic mass is 35.5. The lowest BCUT2D eigenvalue weighted by atomic mass is 10.2. The molecule has 2 N–H and O–H groups in total. The van der Waals surface area contributed by atoms with Gasteiger partial charge in [0, 0.05) is 0 Å². The van der Waals surface area contributed by atoms with Gasteiger partial charge in [-0.3, -0.25) is 0 Å². The van der Waals surface area contributed by atoms with Crippen molar-refractivity contribution in [1.82, 2.24) is 9.78 Å². The molecule has 1 heterocycles. The zero-order valence-corrected chi connectivity index (χ0v) is 12.1. The monoisotopic (exact) mass is 352 g/mol. The van der Waals surface area contributed by atoms with Crippen molar-refractivity contribution in [2.24, 2.45) is 0 Å². The predicted octanol–water partition coefficient (Wildman–Crippen LogP) is 4.12. The number of hydrogen-bond acceptors (Lipinski definition) is 3. The zero-order chi connectivity index (χ0) is 16.7. The van der Waals surface area contributed by atoms with Crippen molar-refractivity contribution < 1.29 is 17.6 Å². The Kier molecular flexibility index (Phi) is 4.22. The number of rotatable bonds is 2. The van der Waals surface area contributed by atoms with Crippen LogP contribution in [-0.2, 0) is 12.9 Å². The van der Waals surface area contributed by atoms with Gasteiger partial charge in [-0.05, 0) is 12.1 Å². The summed E-state index contributed by atoms with van der Waals surface area (Å²) in [6.45, 7) is -1.07. The van der Waals surface area contributed by atoms with Gasteiger partial charge in [0.1, 0.15) is 35.5 Å². The average Bonchev–Trinajstić information content (AvgIpc) is 2.73.